The summed E-state index contributed by atoms with van der Waals surface area (Å²) in [5.74, 6) is -0.221. The summed E-state index contributed by atoms with van der Waals surface area (Å²) < 4.78 is 13.6. The Morgan fingerprint density at radius 3 is 2.61 bits per heavy atom. The highest BCUT2D eigenvalue weighted by Gasteiger charge is 2.11. The number of allylic oxidation sites excluding steroid dienone is 1. The molecule has 0 aliphatic heterocycles. The first-order valence-electron chi connectivity index (χ1n) is 6.05. The van der Waals surface area contributed by atoms with Crippen molar-refractivity contribution in [3.63, 3.8) is 0 Å². The van der Waals surface area contributed by atoms with Crippen molar-refractivity contribution < 1.29 is 9.18 Å². The van der Waals surface area contributed by atoms with Gasteiger partial charge in [-0.25, -0.2) is 4.39 Å². The molecule has 0 heterocycles. The summed E-state index contributed by atoms with van der Waals surface area (Å²) in [6.45, 7) is 3.63. The summed E-state index contributed by atoms with van der Waals surface area (Å²) in [4.78, 5) is 12.1. The Labute approximate surface area is 106 Å². The van der Waals surface area contributed by atoms with Crippen LogP contribution in [0.3, 0.4) is 0 Å². The molecule has 0 N–H and O–H groups in total. The van der Waals surface area contributed by atoms with E-state index in [1.165, 1.54) is 6.07 Å². The fraction of sp³-hybridized carbons (Fsp3) is 0.188. The van der Waals surface area contributed by atoms with Gasteiger partial charge in [0, 0.05) is 17.4 Å². The first kappa shape index (κ1) is 12.5. The Bertz CT molecular complexity index is 587. The van der Waals surface area contributed by atoms with Crippen molar-refractivity contribution in [2.24, 2.45) is 0 Å². The van der Waals surface area contributed by atoms with Crippen molar-refractivity contribution in [1.82, 2.24) is 0 Å². The number of ketones is 1. The van der Waals surface area contributed by atoms with E-state index in [0.29, 0.717) is 22.8 Å². The molecule has 0 unspecified atom stereocenters. The van der Waals surface area contributed by atoms with E-state index < -0.39 is 0 Å². The minimum absolute atomic E-state index is 0.0630. The maximum absolute atomic E-state index is 13.6. The number of rotatable bonds is 5. The van der Waals surface area contributed by atoms with Gasteiger partial charge in [0.05, 0.1) is 0 Å². The molecule has 0 aliphatic carbocycles. The standard InChI is InChI=1S/C16H15FO/c1-2-3-4-9-16(18)14-10-11-15(17)13-8-6-5-7-12(13)14/h2,5-8,10-11H,1,3-4,9H2. The lowest BCUT2D eigenvalue weighted by Gasteiger charge is -2.06. The van der Waals surface area contributed by atoms with Crippen molar-refractivity contribution in [2.45, 2.75) is 19.3 Å². The molecular formula is C16H15FO. The lowest BCUT2D eigenvalue weighted by Crippen LogP contribution is -2.00. The molecule has 0 spiro atoms. The number of halogens is 1. The van der Waals surface area contributed by atoms with Gasteiger partial charge in [-0.2, -0.15) is 0 Å². The largest absolute Gasteiger partial charge is 0.294 e. The van der Waals surface area contributed by atoms with E-state index in [2.05, 4.69) is 6.58 Å². The third-order valence-electron chi connectivity index (χ3n) is 2.98. The number of hydrogen-bond donors (Lipinski definition) is 0. The van der Waals surface area contributed by atoms with Crippen LogP contribution in [0.5, 0.6) is 0 Å². The molecule has 92 valence electrons. The molecule has 1 nitrogen and oxygen atoms in total. The molecule has 0 atom stereocenters. The third-order valence-corrected chi connectivity index (χ3v) is 2.98. The molecule has 0 amide bonds. The van der Waals surface area contributed by atoms with Gasteiger partial charge >= 0.3 is 0 Å². The highest BCUT2D eigenvalue weighted by Crippen LogP contribution is 2.23. The van der Waals surface area contributed by atoms with Crippen molar-refractivity contribution in [2.75, 3.05) is 0 Å². The molecular weight excluding hydrogens is 227 g/mol. The highest BCUT2D eigenvalue weighted by molar-refractivity contribution is 6.08. The normalized spacial score (nSPS) is 10.5. The Kier molecular flexibility index (Phi) is 3.88. The van der Waals surface area contributed by atoms with Gasteiger partial charge in [0.1, 0.15) is 5.82 Å². The first-order valence-corrected chi connectivity index (χ1v) is 6.05. The summed E-state index contributed by atoms with van der Waals surface area (Å²) >= 11 is 0. The van der Waals surface area contributed by atoms with Crippen LogP contribution in [0, 0.1) is 5.82 Å². The van der Waals surface area contributed by atoms with Gasteiger partial charge in [-0.05, 0) is 30.4 Å². The van der Waals surface area contributed by atoms with Crippen molar-refractivity contribution in [1.29, 1.82) is 0 Å². The second-order valence-corrected chi connectivity index (χ2v) is 4.24. The molecule has 0 saturated carbocycles. The predicted octanol–water partition coefficient (Wildman–Crippen LogP) is 4.52. The molecule has 2 aromatic carbocycles. The second kappa shape index (κ2) is 5.58. The number of unbranched alkanes of at least 4 members (excludes halogenated alkanes) is 1. The van der Waals surface area contributed by atoms with Crippen LogP contribution in [0.2, 0.25) is 0 Å². The summed E-state index contributed by atoms with van der Waals surface area (Å²) in [7, 11) is 0. The predicted molar refractivity (Wildman–Crippen MR) is 72.3 cm³/mol. The third kappa shape index (κ3) is 2.48. The van der Waals surface area contributed by atoms with Crippen LogP contribution in [0.15, 0.2) is 49.1 Å². The molecule has 0 aromatic heterocycles. The topological polar surface area (TPSA) is 17.1 Å². The van der Waals surface area contributed by atoms with Crippen LogP contribution in [0.25, 0.3) is 10.8 Å². The number of benzene rings is 2. The molecule has 0 radical (unpaired) electrons. The average molecular weight is 242 g/mol. The quantitative estimate of drug-likeness (QED) is 0.428. The molecule has 0 aliphatic rings. The smallest absolute Gasteiger partial charge is 0.163 e. The second-order valence-electron chi connectivity index (χ2n) is 4.24. The van der Waals surface area contributed by atoms with E-state index >= 15 is 0 Å². The van der Waals surface area contributed by atoms with Gasteiger partial charge in [0.15, 0.2) is 5.78 Å². The van der Waals surface area contributed by atoms with Gasteiger partial charge in [0.2, 0.25) is 0 Å². The Morgan fingerprint density at radius 2 is 1.89 bits per heavy atom. The Morgan fingerprint density at radius 1 is 1.17 bits per heavy atom. The van der Waals surface area contributed by atoms with Crippen LogP contribution in [0.1, 0.15) is 29.6 Å². The number of Topliss-reactive ketones (excluding diaryl/α,β-unsaturated/α-hetero) is 1. The van der Waals surface area contributed by atoms with E-state index in [9.17, 15) is 9.18 Å². The van der Waals surface area contributed by atoms with Gasteiger partial charge in [-0.15, -0.1) is 6.58 Å². The zero-order valence-electron chi connectivity index (χ0n) is 10.2. The highest BCUT2D eigenvalue weighted by atomic mass is 19.1. The van der Waals surface area contributed by atoms with Crippen molar-refractivity contribution in [3.8, 4) is 0 Å². The van der Waals surface area contributed by atoms with E-state index in [0.717, 1.165) is 12.8 Å². The molecule has 2 aromatic rings. The van der Waals surface area contributed by atoms with Gasteiger partial charge in [0.25, 0.3) is 0 Å². The van der Waals surface area contributed by atoms with Crippen molar-refractivity contribution in [3.05, 3.63) is 60.4 Å². The van der Waals surface area contributed by atoms with Gasteiger partial charge < -0.3 is 0 Å². The maximum atomic E-state index is 13.6. The lowest BCUT2D eigenvalue weighted by atomic mass is 9.98. The van der Waals surface area contributed by atoms with Crippen LogP contribution >= 0.6 is 0 Å². The maximum Gasteiger partial charge on any atom is 0.163 e. The Hall–Kier alpha value is -1.96. The minimum Gasteiger partial charge on any atom is -0.294 e. The van der Waals surface area contributed by atoms with E-state index in [1.807, 2.05) is 6.07 Å². The summed E-state index contributed by atoms with van der Waals surface area (Å²) in [5, 5.41) is 1.20. The first-order chi connectivity index (χ1) is 8.74. The number of carbonyl (C=O) groups excluding carboxylic acids is 1. The summed E-state index contributed by atoms with van der Waals surface area (Å²) in [6, 6.07) is 10.0. The molecule has 0 fully saturated rings. The monoisotopic (exact) mass is 242 g/mol. The average Bonchev–Trinajstić information content (AvgIpc) is 2.39. The molecule has 2 heteroatoms. The zero-order valence-corrected chi connectivity index (χ0v) is 10.2. The van der Waals surface area contributed by atoms with E-state index in [1.54, 1.807) is 30.3 Å². The van der Waals surface area contributed by atoms with E-state index in [4.69, 9.17) is 0 Å². The van der Waals surface area contributed by atoms with Gasteiger partial charge in [-0.1, -0.05) is 30.3 Å². The van der Waals surface area contributed by atoms with Crippen LogP contribution in [-0.2, 0) is 0 Å². The summed E-state index contributed by atoms with van der Waals surface area (Å²) in [5.41, 5.74) is 0.607. The number of hydrogen-bond acceptors (Lipinski definition) is 1. The molecule has 0 saturated heterocycles. The van der Waals surface area contributed by atoms with Crippen LogP contribution in [0.4, 0.5) is 4.39 Å². The molecule has 0 bridgehead atoms. The lowest BCUT2D eigenvalue weighted by molar-refractivity contribution is 0.0982. The van der Waals surface area contributed by atoms with Crippen LogP contribution in [-0.4, -0.2) is 5.78 Å². The van der Waals surface area contributed by atoms with Crippen LogP contribution < -0.4 is 0 Å². The number of carbonyl (C=O) groups is 1. The van der Waals surface area contributed by atoms with Crippen molar-refractivity contribution >= 4 is 16.6 Å². The zero-order chi connectivity index (χ0) is 13.0. The fourth-order valence-electron chi connectivity index (χ4n) is 2.05. The summed E-state index contributed by atoms with van der Waals surface area (Å²) in [6.07, 6.45) is 3.89. The minimum atomic E-state index is -0.284. The molecule has 18 heavy (non-hydrogen) atoms. The van der Waals surface area contributed by atoms with E-state index in [-0.39, 0.29) is 11.6 Å². The Balaban J connectivity index is 2.36. The van der Waals surface area contributed by atoms with Gasteiger partial charge in [-0.3, -0.25) is 4.79 Å². The fourth-order valence-corrected chi connectivity index (χ4v) is 2.05. The molecule has 2 rings (SSSR count). The number of fused-ring (bicyclic) bond motifs is 1. The SMILES string of the molecule is C=CCCCC(=O)c1ccc(F)c2ccccc12.